The number of nitriles is 2. The first-order valence-corrected chi connectivity index (χ1v) is 13.1. The first-order valence-electron chi connectivity index (χ1n) is 13.1. The van der Waals surface area contributed by atoms with Crippen molar-refractivity contribution in [3.05, 3.63) is 59.7 Å². The maximum Gasteiger partial charge on any atom is 0.410 e. The van der Waals surface area contributed by atoms with Crippen molar-refractivity contribution in [2.45, 2.75) is 37.8 Å². The van der Waals surface area contributed by atoms with Crippen molar-refractivity contribution in [1.82, 2.24) is 20.7 Å². The monoisotopic (exact) mass is 576 g/mol. The van der Waals surface area contributed by atoms with Gasteiger partial charge < -0.3 is 9.47 Å². The number of nitrogens with zero attached hydrogens (tertiary/aromatic N) is 4. The van der Waals surface area contributed by atoms with Gasteiger partial charge in [0.1, 0.15) is 12.1 Å². The molecule has 2 saturated heterocycles. The number of amides is 4. The van der Waals surface area contributed by atoms with E-state index in [1.165, 1.54) is 24.0 Å². The molecule has 220 valence electrons. The number of methoxy groups -OCH3 is 2. The predicted octanol–water partition coefficient (Wildman–Crippen LogP) is 2.46. The maximum atomic E-state index is 12.1. The van der Waals surface area contributed by atoms with Crippen molar-refractivity contribution < 1.29 is 28.7 Å². The first kappa shape index (κ1) is 31.0. The quantitative estimate of drug-likeness (QED) is 0.372. The number of anilines is 2. The topological polar surface area (TPSA) is 189 Å². The summed E-state index contributed by atoms with van der Waals surface area (Å²) in [6.07, 6.45) is 1.74. The lowest BCUT2D eigenvalue weighted by atomic mass is 10.2. The molecule has 0 radical (unpaired) electrons. The fourth-order valence-electron chi connectivity index (χ4n) is 4.48. The van der Waals surface area contributed by atoms with E-state index in [1.54, 1.807) is 48.5 Å². The van der Waals surface area contributed by atoms with E-state index in [0.29, 0.717) is 48.4 Å². The summed E-state index contributed by atoms with van der Waals surface area (Å²) in [5.41, 5.74) is 12.9. The van der Waals surface area contributed by atoms with Crippen LogP contribution in [0.3, 0.4) is 0 Å². The second kappa shape index (κ2) is 15.3. The van der Waals surface area contributed by atoms with Gasteiger partial charge >= 0.3 is 12.2 Å². The van der Waals surface area contributed by atoms with Crippen LogP contribution in [0, 0.1) is 22.7 Å². The smallest absolute Gasteiger partial charge is 0.410 e. The Labute approximate surface area is 243 Å². The third-order valence-electron chi connectivity index (χ3n) is 6.59. The zero-order valence-electron chi connectivity index (χ0n) is 23.3. The number of carbonyl (C=O) groups excluding carboxylic acids is 4. The van der Waals surface area contributed by atoms with E-state index in [4.69, 9.17) is 10.5 Å². The summed E-state index contributed by atoms with van der Waals surface area (Å²) in [7, 11) is 2.59. The Balaban J connectivity index is 0.000000230. The van der Waals surface area contributed by atoms with Gasteiger partial charge in [0.15, 0.2) is 0 Å². The SMILES string of the molecule is COC(=O)N1CCCC1C(=O)NNc1ccc(C#N)cc1.COC(=O)N1CCCC1C(=O)NNc1cccc(C#N)c1. The van der Waals surface area contributed by atoms with Gasteiger partial charge in [-0.1, -0.05) is 6.07 Å². The fraction of sp³-hybridized carbons (Fsp3) is 0.357. The van der Waals surface area contributed by atoms with Gasteiger partial charge in [0.2, 0.25) is 0 Å². The highest BCUT2D eigenvalue weighted by Gasteiger charge is 2.35. The number of rotatable bonds is 6. The third-order valence-corrected chi connectivity index (χ3v) is 6.59. The number of benzene rings is 2. The molecule has 2 unspecified atom stereocenters. The van der Waals surface area contributed by atoms with Crippen LogP contribution in [0.2, 0.25) is 0 Å². The van der Waals surface area contributed by atoms with E-state index >= 15 is 0 Å². The lowest BCUT2D eigenvalue weighted by molar-refractivity contribution is -0.125. The summed E-state index contributed by atoms with van der Waals surface area (Å²) < 4.78 is 9.32. The van der Waals surface area contributed by atoms with Gasteiger partial charge in [-0.2, -0.15) is 10.5 Å². The number of hydrazine groups is 2. The van der Waals surface area contributed by atoms with Crippen LogP contribution in [0.5, 0.6) is 0 Å². The summed E-state index contributed by atoms with van der Waals surface area (Å²) in [6, 6.07) is 16.4. The fourth-order valence-corrected chi connectivity index (χ4v) is 4.48. The van der Waals surface area contributed by atoms with Crippen LogP contribution in [-0.2, 0) is 19.1 Å². The average Bonchev–Trinajstić information content (AvgIpc) is 3.73. The molecule has 2 atom stereocenters. The lowest BCUT2D eigenvalue weighted by Crippen LogP contribution is -2.47. The van der Waals surface area contributed by atoms with Crippen LogP contribution in [-0.4, -0.2) is 73.2 Å². The van der Waals surface area contributed by atoms with Crippen LogP contribution in [0.15, 0.2) is 48.5 Å². The van der Waals surface area contributed by atoms with E-state index < -0.39 is 24.3 Å². The van der Waals surface area contributed by atoms with E-state index in [9.17, 15) is 19.2 Å². The van der Waals surface area contributed by atoms with E-state index in [2.05, 4.69) is 31.2 Å². The Morgan fingerprint density at radius 3 is 1.71 bits per heavy atom. The molecule has 2 aromatic carbocycles. The Hall–Kier alpha value is -5.50. The predicted molar refractivity (Wildman–Crippen MR) is 150 cm³/mol. The minimum absolute atomic E-state index is 0.290. The van der Waals surface area contributed by atoms with Crippen LogP contribution in [0.1, 0.15) is 36.8 Å². The van der Waals surface area contributed by atoms with Crippen LogP contribution in [0.4, 0.5) is 21.0 Å². The van der Waals surface area contributed by atoms with Gasteiger partial charge in [-0.25, -0.2) is 9.59 Å². The molecule has 4 N–H and O–H groups in total. The van der Waals surface area contributed by atoms with Crippen molar-refractivity contribution in [2.75, 3.05) is 38.2 Å². The molecule has 2 aliphatic heterocycles. The Kier molecular flexibility index (Phi) is 11.3. The van der Waals surface area contributed by atoms with Crippen molar-refractivity contribution in [1.29, 1.82) is 10.5 Å². The van der Waals surface area contributed by atoms with Gasteiger partial charge in [-0.15, -0.1) is 0 Å². The molecule has 0 spiro atoms. The summed E-state index contributed by atoms with van der Waals surface area (Å²) in [6.45, 7) is 1.02. The molecule has 0 saturated carbocycles. The normalized spacial score (nSPS) is 17.0. The van der Waals surface area contributed by atoms with Crippen LogP contribution >= 0.6 is 0 Å². The minimum atomic E-state index is -0.538. The highest BCUT2D eigenvalue weighted by atomic mass is 16.5. The zero-order chi connectivity index (χ0) is 30.5. The van der Waals surface area contributed by atoms with E-state index in [1.807, 2.05) is 12.1 Å². The van der Waals surface area contributed by atoms with Crippen molar-refractivity contribution >= 4 is 35.4 Å². The number of ether oxygens (including phenoxy) is 2. The number of nitrogens with one attached hydrogen (secondary N) is 4. The van der Waals surface area contributed by atoms with Gasteiger partial charge in [-0.3, -0.25) is 41.1 Å². The number of hydrogen-bond donors (Lipinski definition) is 4. The summed E-state index contributed by atoms with van der Waals surface area (Å²) in [5, 5.41) is 17.5. The molecule has 0 aromatic heterocycles. The highest BCUT2D eigenvalue weighted by molar-refractivity contribution is 5.87. The molecule has 0 aliphatic carbocycles. The molecule has 2 aromatic rings. The summed E-state index contributed by atoms with van der Waals surface area (Å²) in [5.74, 6) is -0.595. The number of hydrogen-bond acceptors (Lipinski definition) is 10. The molecule has 2 fully saturated rings. The molecule has 4 amide bonds. The molecular weight excluding hydrogens is 544 g/mol. The Morgan fingerprint density at radius 2 is 1.24 bits per heavy atom. The molecule has 2 heterocycles. The van der Waals surface area contributed by atoms with Crippen LogP contribution < -0.4 is 21.7 Å². The summed E-state index contributed by atoms with van der Waals surface area (Å²) in [4.78, 5) is 50.1. The maximum absolute atomic E-state index is 12.1. The van der Waals surface area contributed by atoms with Crippen molar-refractivity contribution in [3.8, 4) is 12.1 Å². The lowest BCUT2D eigenvalue weighted by Gasteiger charge is -2.22. The first-order chi connectivity index (χ1) is 20.3. The molecule has 42 heavy (non-hydrogen) atoms. The van der Waals surface area contributed by atoms with Crippen LogP contribution in [0.25, 0.3) is 0 Å². The van der Waals surface area contributed by atoms with E-state index in [0.717, 1.165) is 12.8 Å². The van der Waals surface area contributed by atoms with Gasteiger partial charge in [0.25, 0.3) is 11.8 Å². The van der Waals surface area contributed by atoms with Gasteiger partial charge in [0.05, 0.1) is 48.9 Å². The molecule has 0 bridgehead atoms. The molecule has 4 rings (SSSR count). The highest BCUT2D eigenvalue weighted by Crippen LogP contribution is 2.19. The Bertz CT molecular complexity index is 1350. The molecular formula is C28H32N8O6. The molecule has 14 nitrogen and oxygen atoms in total. The zero-order valence-corrected chi connectivity index (χ0v) is 23.3. The second-order valence-corrected chi connectivity index (χ2v) is 9.25. The number of carbonyl (C=O) groups is 4. The van der Waals surface area contributed by atoms with Gasteiger partial charge in [-0.05, 0) is 68.1 Å². The third kappa shape index (κ3) is 8.25. The van der Waals surface area contributed by atoms with Crippen molar-refractivity contribution in [2.24, 2.45) is 0 Å². The van der Waals surface area contributed by atoms with Crippen molar-refractivity contribution in [3.63, 3.8) is 0 Å². The standard InChI is InChI=1S/2C14H16N4O3/c1-21-14(20)18-7-3-6-12(18)13(19)17-16-11-5-2-4-10(8-11)9-15;1-21-14(20)18-8-2-3-12(18)13(19)17-16-11-6-4-10(9-15)5-7-11/h2,4-5,8,12,16H,3,6-7H2,1H3,(H,17,19);4-7,12,16H,2-3,8H2,1H3,(H,17,19). The second-order valence-electron chi connectivity index (χ2n) is 9.25. The van der Waals surface area contributed by atoms with E-state index in [-0.39, 0.29) is 11.8 Å². The minimum Gasteiger partial charge on any atom is -0.453 e. The Morgan fingerprint density at radius 1 is 0.738 bits per heavy atom. The number of likely N-dealkylation sites (tertiary alicyclic amines) is 2. The van der Waals surface area contributed by atoms with Gasteiger partial charge in [0, 0.05) is 13.1 Å². The summed E-state index contributed by atoms with van der Waals surface area (Å²) >= 11 is 0. The average molecular weight is 577 g/mol. The molecule has 2 aliphatic rings. The molecule has 14 heteroatoms. The largest absolute Gasteiger partial charge is 0.453 e.